The molecule has 2 aromatic rings. The topological polar surface area (TPSA) is 78.9 Å². The van der Waals surface area contributed by atoms with E-state index in [-0.39, 0.29) is 6.42 Å². The number of thiophene rings is 1. The summed E-state index contributed by atoms with van der Waals surface area (Å²) in [6.45, 7) is 3.84. The minimum atomic E-state index is -0.888. The molecule has 1 unspecified atom stereocenters. The van der Waals surface area contributed by atoms with Crippen molar-refractivity contribution < 1.29 is 19.6 Å². The van der Waals surface area contributed by atoms with Crippen molar-refractivity contribution >= 4 is 33.4 Å². The van der Waals surface area contributed by atoms with Crippen LogP contribution in [0.3, 0.4) is 0 Å². The van der Waals surface area contributed by atoms with Crippen molar-refractivity contribution in [1.29, 1.82) is 0 Å². The van der Waals surface area contributed by atoms with Crippen LogP contribution in [0.2, 0.25) is 0 Å². The maximum Gasteiger partial charge on any atom is 0.374 e. The van der Waals surface area contributed by atoms with Crippen LogP contribution in [0.15, 0.2) is 91.1 Å². The van der Waals surface area contributed by atoms with Crippen LogP contribution in [0.4, 0.5) is 4.79 Å². The number of hydrogen-bond donors (Lipinski definition) is 2. The highest BCUT2D eigenvalue weighted by Crippen LogP contribution is 2.31. The zero-order chi connectivity index (χ0) is 27.4. The van der Waals surface area contributed by atoms with Crippen molar-refractivity contribution in [3.63, 3.8) is 0 Å². The van der Waals surface area contributed by atoms with Crippen molar-refractivity contribution in [2.75, 3.05) is 0 Å². The Morgan fingerprint density at radius 1 is 0.947 bits per heavy atom. The minimum Gasteiger partial charge on any atom is -0.339 e. The molecule has 7 heteroatoms. The highest BCUT2D eigenvalue weighted by atomic mass is 32.1. The third-order valence-electron chi connectivity index (χ3n) is 5.59. The molecule has 1 aromatic heterocycles. The van der Waals surface area contributed by atoms with Gasteiger partial charge in [0.25, 0.3) is 0 Å². The third-order valence-corrected chi connectivity index (χ3v) is 6.88. The molecule has 0 saturated heterocycles. The van der Waals surface area contributed by atoms with Gasteiger partial charge in [0.15, 0.2) is 0 Å². The van der Waals surface area contributed by atoms with Crippen molar-refractivity contribution in [3.05, 3.63) is 96.0 Å². The third kappa shape index (κ3) is 12.2. The summed E-state index contributed by atoms with van der Waals surface area (Å²) in [4.78, 5) is 29.7. The van der Waals surface area contributed by atoms with Gasteiger partial charge in [0.05, 0.1) is 6.04 Å². The predicted molar refractivity (Wildman–Crippen MR) is 157 cm³/mol. The molecule has 1 heterocycles. The quantitative estimate of drug-likeness (QED) is 0.103. The molecule has 0 saturated carbocycles. The SMILES string of the molecule is CC/C=C\C/C=C\C/C=C\C/C=C\C/C=C\CCCC(=O)ONC(=O)N(O)C(C)c1cc2ccccc2s1. The normalized spacial score (nSPS) is 13.0. The Kier molecular flexibility index (Phi) is 15.2. The van der Waals surface area contributed by atoms with E-state index in [2.05, 4.69) is 61.6 Å². The molecular weight excluding hydrogens is 496 g/mol. The van der Waals surface area contributed by atoms with E-state index in [9.17, 15) is 14.8 Å². The summed E-state index contributed by atoms with van der Waals surface area (Å²) in [6.07, 6.45) is 27.8. The number of fused-ring (bicyclic) bond motifs is 1. The molecule has 38 heavy (non-hydrogen) atoms. The molecule has 0 aliphatic rings. The van der Waals surface area contributed by atoms with Crippen LogP contribution in [0.5, 0.6) is 0 Å². The second-order valence-electron chi connectivity index (χ2n) is 8.69. The Labute approximate surface area is 230 Å². The fourth-order valence-electron chi connectivity index (χ4n) is 3.44. The van der Waals surface area contributed by atoms with Crippen molar-refractivity contribution in [2.24, 2.45) is 0 Å². The van der Waals surface area contributed by atoms with E-state index in [4.69, 9.17) is 4.84 Å². The summed E-state index contributed by atoms with van der Waals surface area (Å²) in [5.41, 5.74) is 2.03. The molecule has 0 fully saturated rings. The van der Waals surface area contributed by atoms with Gasteiger partial charge in [-0.05, 0) is 69.4 Å². The van der Waals surface area contributed by atoms with Gasteiger partial charge in [-0.3, -0.25) is 5.21 Å². The first-order valence-electron chi connectivity index (χ1n) is 13.2. The average molecular weight is 537 g/mol. The second kappa shape index (κ2) is 18.8. The molecule has 1 atom stereocenters. The number of urea groups is 1. The first-order valence-corrected chi connectivity index (χ1v) is 14.1. The van der Waals surface area contributed by atoms with Gasteiger partial charge in [0.2, 0.25) is 0 Å². The van der Waals surface area contributed by atoms with Gasteiger partial charge in [0.1, 0.15) is 0 Å². The van der Waals surface area contributed by atoms with Crippen molar-refractivity contribution in [3.8, 4) is 0 Å². The van der Waals surface area contributed by atoms with Gasteiger partial charge in [-0.1, -0.05) is 85.9 Å². The van der Waals surface area contributed by atoms with E-state index in [1.54, 1.807) is 6.92 Å². The van der Waals surface area contributed by atoms with Crippen LogP contribution in [-0.2, 0) is 9.63 Å². The van der Waals surface area contributed by atoms with E-state index in [1.807, 2.05) is 41.9 Å². The standard InChI is InChI=1S/C31H40N2O4S/c1-3-4-5-6-7-8-9-10-11-12-13-14-15-16-17-18-19-24-30(34)37-32-31(35)33(36)26(2)29-25-27-22-20-21-23-28(27)38-29/h4-5,7-8,10-11,13-14,16-17,20-23,25-26,36H,3,6,9,12,15,18-19,24H2,1-2H3,(H,32,35)/b5-4-,8-7-,11-10-,14-13-,17-16-. The summed E-state index contributed by atoms with van der Waals surface area (Å²) in [5, 5.41) is 11.8. The number of unbranched alkanes of at least 4 members (excludes halogenated alkanes) is 1. The molecule has 6 nitrogen and oxygen atoms in total. The van der Waals surface area contributed by atoms with E-state index in [1.165, 1.54) is 11.3 Å². The van der Waals surface area contributed by atoms with Gasteiger partial charge in [-0.15, -0.1) is 11.3 Å². The van der Waals surface area contributed by atoms with Crippen LogP contribution < -0.4 is 5.48 Å². The lowest BCUT2D eigenvalue weighted by Gasteiger charge is -2.21. The zero-order valence-corrected chi connectivity index (χ0v) is 23.2. The lowest BCUT2D eigenvalue weighted by molar-refractivity contribution is -0.152. The highest BCUT2D eigenvalue weighted by Gasteiger charge is 2.22. The molecular formula is C31H40N2O4S. The summed E-state index contributed by atoms with van der Waals surface area (Å²) < 4.78 is 1.07. The van der Waals surface area contributed by atoms with E-state index >= 15 is 0 Å². The first-order chi connectivity index (χ1) is 18.5. The molecule has 2 amide bonds. The molecule has 0 radical (unpaired) electrons. The Morgan fingerprint density at radius 2 is 1.53 bits per heavy atom. The largest absolute Gasteiger partial charge is 0.374 e. The second-order valence-corrected chi connectivity index (χ2v) is 9.80. The predicted octanol–water partition coefficient (Wildman–Crippen LogP) is 8.74. The minimum absolute atomic E-state index is 0.173. The van der Waals surface area contributed by atoms with Crippen molar-refractivity contribution in [2.45, 2.75) is 71.3 Å². The summed E-state index contributed by atoms with van der Waals surface area (Å²) in [5.74, 6) is -0.548. The Morgan fingerprint density at radius 3 is 2.13 bits per heavy atom. The number of carbonyl (C=O) groups excluding carboxylic acids is 2. The van der Waals surface area contributed by atoms with E-state index in [0.29, 0.717) is 11.5 Å². The maximum absolute atomic E-state index is 12.2. The Hall–Kier alpha value is -3.42. The number of allylic oxidation sites excluding steroid dienone is 10. The number of hydroxylamine groups is 3. The van der Waals surface area contributed by atoms with Gasteiger partial charge in [-0.25, -0.2) is 9.59 Å². The molecule has 2 N–H and O–H groups in total. The Balaban J connectivity index is 1.52. The fraction of sp³-hybridized carbons (Fsp3) is 0.355. The number of nitrogens with zero attached hydrogens (tertiary/aromatic N) is 1. The zero-order valence-electron chi connectivity index (χ0n) is 22.4. The summed E-state index contributed by atoms with van der Waals surface area (Å²) in [7, 11) is 0. The monoisotopic (exact) mass is 536 g/mol. The molecule has 0 aliphatic heterocycles. The number of hydrogen-bond acceptors (Lipinski definition) is 5. The lowest BCUT2D eigenvalue weighted by Crippen LogP contribution is -2.40. The molecule has 1 aromatic carbocycles. The van der Waals surface area contributed by atoms with E-state index < -0.39 is 18.0 Å². The van der Waals surface area contributed by atoms with E-state index in [0.717, 1.165) is 53.5 Å². The van der Waals surface area contributed by atoms with Crippen LogP contribution in [0.1, 0.15) is 76.1 Å². The Bertz CT molecular complexity index is 1100. The molecule has 0 bridgehead atoms. The number of benzene rings is 1. The molecule has 204 valence electrons. The van der Waals surface area contributed by atoms with Gasteiger partial charge in [0, 0.05) is 16.0 Å². The van der Waals surface area contributed by atoms with Gasteiger partial charge < -0.3 is 4.84 Å². The lowest BCUT2D eigenvalue weighted by atomic mass is 10.2. The average Bonchev–Trinajstić information content (AvgIpc) is 3.37. The maximum atomic E-state index is 12.2. The molecule has 0 aliphatic carbocycles. The fourth-order valence-corrected chi connectivity index (χ4v) is 4.54. The number of nitrogens with one attached hydrogen (secondary N) is 1. The van der Waals surface area contributed by atoms with Crippen LogP contribution in [-0.4, -0.2) is 22.3 Å². The first kappa shape index (κ1) is 30.8. The smallest absolute Gasteiger partial charge is 0.339 e. The van der Waals surface area contributed by atoms with Gasteiger partial charge >= 0.3 is 12.0 Å². The number of carbonyl (C=O) groups is 2. The molecule has 0 spiro atoms. The molecule has 2 rings (SSSR count). The van der Waals surface area contributed by atoms with Gasteiger partial charge in [-0.2, -0.15) is 10.5 Å². The van der Waals surface area contributed by atoms with Crippen LogP contribution >= 0.6 is 11.3 Å². The van der Waals surface area contributed by atoms with Crippen LogP contribution in [0, 0.1) is 0 Å². The number of rotatable bonds is 15. The summed E-state index contributed by atoms with van der Waals surface area (Å²) in [6, 6.07) is 8.31. The van der Waals surface area contributed by atoms with Crippen molar-refractivity contribution in [1.82, 2.24) is 10.5 Å². The number of amides is 2. The summed E-state index contributed by atoms with van der Waals surface area (Å²) >= 11 is 1.50. The highest BCUT2D eigenvalue weighted by molar-refractivity contribution is 7.19. The van der Waals surface area contributed by atoms with Crippen LogP contribution in [0.25, 0.3) is 10.1 Å².